The third-order valence-electron chi connectivity index (χ3n) is 5.25. The monoisotopic (exact) mass is 440 g/mol. The maximum absolute atomic E-state index is 12.3. The van der Waals surface area contributed by atoms with Crippen molar-refractivity contribution in [3.63, 3.8) is 0 Å². The van der Waals surface area contributed by atoms with E-state index in [0.717, 1.165) is 29.5 Å². The highest BCUT2D eigenvalue weighted by molar-refractivity contribution is 7.19. The van der Waals surface area contributed by atoms with Crippen molar-refractivity contribution in [3.05, 3.63) is 46.1 Å². The number of anilines is 1. The molecule has 0 aliphatic heterocycles. The number of esters is 1. The largest absolute Gasteiger partial charge is 0.496 e. The fourth-order valence-corrected chi connectivity index (χ4v) is 5.04. The quantitative estimate of drug-likeness (QED) is 0.447. The molecule has 1 aliphatic carbocycles. The molecule has 3 aromatic rings. The first-order valence-electron chi connectivity index (χ1n) is 10.2. The minimum Gasteiger partial charge on any atom is -0.496 e. The van der Waals surface area contributed by atoms with Crippen molar-refractivity contribution in [1.82, 2.24) is 15.3 Å². The molecule has 0 saturated heterocycles. The number of rotatable bonds is 6. The van der Waals surface area contributed by atoms with Crippen LogP contribution in [-0.4, -0.2) is 35.5 Å². The molecule has 0 fully saturated rings. The Morgan fingerprint density at radius 3 is 2.81 bits per heavy atom. The van der Waals surface area contributed by atoms with Crippen molar-refractivity contribution in [2.45, 2.75) is 38.7 Å². The van der Waals surface area contributed by atoms with Gasteiger partial charge in [0.05, 0.1) is 18.1 Å². The number of methoxy groups -OCH3 is 1. The molecule has 0 radical (unpaired) electrons. The second-order valence-corrected chi connectivity index (χ2v) is 8.40. The summed E-state index contributed by atoms with van der Waals surface area (Å²) in [6.07, 6.45) is 5.61. The number of fused-ring (bicyclic) bond motifs is 3. The van der Waals surface area contributed by atoms with Crippen LogP contribution in [0.15, 0.2) is 24.3 Å². The molecule has 9 heteroatoms. The number of nitrogens with one attached hydrogen (secondary N) is 1. The van der Waals surface area contributed by atoms with Gasteiger partial charge < -0.3 is 20.5 Å². The number of nitrogens with zero attached hydrogens (tertiary/aromatic N) is 2. The number of hydrogen-bond acceptors (Lipinski definition) is 8. The Labute approximate surface area is 183 Å². The zero-order valence-electron chi connectivity index (χ0n) is 17.3. The summed E-state index contributed by atoms with van der Waals surface area (Å²) in [5, 5.41) is 3.48. The standard InChI is InChI=1S/C22H24N4O4S/c1-29-15-9-6-5-7-13(15)21(28)24-11-18(27)30-12-17-25-20(23)19-14-8-3-2-4-10-16(14)31-22(19)26-17/h5-7,9H,2-4,8,10-12H2,1H3,(H,24,28)(H2,23,25,26). The summed E-state index contributed by atoms with van der Waals surface area (Å²) >= 11 is 1.65. The van der Waals surface area contributed by atoms with E-state index in [4.69, 9.17) is 15.2 Å². The summed E-state index contributed by atoms with van der Waals surface area (Å²) in [5.74, 6) is 0.203. The number of thiophene rings is 1. The van der Waals surface area contributed by atoms with Crippen LogP contribution in [0.25, 0.3) is 10.2 Å². The highest BCUT2D eigenvalue weighted by atomic mass is 32.1. The molecule has 4 rings (SSSR count). The molecule has 1 aromatic carbocycles. The number of nitrogen functional groups attached to an aromatic ring is 1. The Balaban J connectivity index is 1.37. The van der Waals surface area contributed by atoms with Gasteiger partial charge in [0.2, 0.25) is 0 Å². The smallest absolute Gasteiger partial charge is 0.325 e. The minimum absolute atomic E-state index is 0.105. The molecule has 0 atom stereocenters. The molecule has 1 amide bonds. The highest BCUT2D eigenvalue weighted by Crippen LogP contribution is 2.37. The minimum atomic E-state index is -0.590. The van der Waals surface area contributed by atoms with E-state index in [1.165, 1.54) is 30.4 Å². The van der Waals surface area contributed by atoms with Gasteiger partial charge in [-0.3, -0.25) is 9.59 Å². The lowest BCUT2D eigenvalue weighted by molar-refractivity contribution is -0.143. The third-order valence-corrected chi connectivity index (χ3v) is 6.43. The van der Waals surface area contributed by atoms with E-state index in [9.17, 15) is 9.59 Å². The molecule has 162 valence electrons. The summed E-state index contributed by atoms with van der Waals surface area (Å²) in [6.45, 7) is -0.381. The number of amides is 1. The van der Waals surface area contributed by atoms with Crippen molar-refractivity contribution in [3.8, 4) is 5.75 Å². The van der Waals surface area contributed by atoms with Gasteiger partial charge in [0.15, 0.2) is 12.4 Å². The molecule has 0 bridgehead atoms. The van der Waals surface area contributed by atoms with Crippen LogP contribution in [0.2, 0.25) is 0 Å². The summed E-state index contributed by atoms with van der Waals surface area (Å²) in [6, 6.07) is 6.78. The average molecular weight is 441 g/mol. The molecule has 1 aliphatic rings. The molecular formula is C22H24N4O4S. The fourth-order valence-electron chi connectivity index (χ4n) is 3.75. The normalized spacial score (nSPS) is 13.3. The van der Waals surface area contributed by atoms with Gasteiger partial charge in [-0.1, -0.05) is 18.6 Å². The van der Waals surface area contributed by atoms with Gasteiger partial charge in [-0.05, 0) is 43.4 Å². The number of para-hydroxylation sites is 1. The van der Waals surface area contributed by atoms with Crippen LogP contribution in [0, 0.1) is 0 Å². The van der Waals surface area contributed by atoms with Gasteiger partial charge in [-0.15, -0.1) is 11.3 Å². The lowest BCUT2D eigenvalue weighted by atomic mass is 10.1. The molecule has 0 unspecified atom stereocenters. The van der Waals surface area contributed by atoms with Crippen LogP contribution in [0.5, 0.6) is 5.75 Å². The molecular weight excluding hydrogens is 416 g/mol. The van der Waals surface area contributed by atoms with Crippen molar-refractivity contribution in [2.24, 2.45) is 0 Å². The number of ether oxygens (including phenoxy) is 2. The second kappa shape index (κ2) is 9.30. The van der Waals surface area contributed by atoms with E-state index in [1.54, 1.807) is 35.6 Å². The van der Waals surface area contributed by atoms with E-state index in [2.05, 4.69) is 15.3 Å². The second-order valence-electron chi connectivity index (χ2n) is 7.31. The molecule has 2 aromatic heterocycles. The number of nitrogens with two attached hydrogens (primary N) is 1. The van der Waals surface area contributed by atoms with Crippen LogP contribution in [0.3, 0.4) is 0 Å². The van der Waals surface area contributed by atoms with Crippen LogP contribution in [-0.2, 0) is 29.0 Å². The number of aromatic nitrogens is 2. The zero-order valence-corrected chi connectivity index (χ0v) is 18.1. The summed E-state index contributed by atoms with van der Waals surface area (Å²) in [5.41, 5.74) is 7.84. The maximum atomic E-state index is 12.3. The molecule has 31 heavy (non-hydrogen) atoms. The lowest BCUT2D eigenvalue weighted by Crippen LogP contribution is -2.30. The van der Waals surface area contributed by atoms with Crippen LogP contribution < -0.4 is 15.8 Å². The number of hydrogen-bond donors (Lipinski definition) is 2. The predicted octanol–water partition coefficient (Wildman–Crippen LogP) is 3.02. The van der Waals surface area contributed by atoms with Crippen LogP contribution in [0.4, 0.5) is 5.82 Å². The van der Waals surface area contributed by atoms with Crippen LogP contribution in [0.1, 0.15) is 45.9 Å². The summed E-state index contributed by atoms with van der Waals surface area (Å²) in [4.78, 5) is 35.5. The number of benzene rings is 1. The van der Waals surface area contributed by atoms with E-state index < -0.39 is 11.9 Å². The zero-order chi connectivity index (χ0) is 21.8. The Morgan fingerprint density at radius 1 is 1.16 bits per heavy atom. The van der Waals surface area contributed by atoms with E-state index in [0.29, 0.717) is 23.0 Å². The van der Waals surface area contributed by atoms with E-state index in [1.807, 2.05) is 0 Å². The molecule has 3 N–H and O–H groups in total. The first-order valence-corrected chi connectivity index (χ1v) is 11.0. The Kier molecular flexibility index (Phi) is 6.31. The third kappa shape index (κ3) is 4.61. The summed E-state index contributed by atoms with van der Waals surface area (Å²) < 4.78 is 10.4. The Bertz CT molecular complexity index is 1130. The first-order chi connectivity index (χ1) is 15.1. The van der Waals surface area contributed by atoms with Gasteiger partial charge in [0.25, 0.3) is 5.91 Å². The van der Waals surface area contributed by atoms with Crippen LogP contribution >= 0.6 is 11.3 Å². The maximum Gasteiger partial charge on any atom is 0.325 e. The topological polar surface area (TPSA) is 116 Å². The van der Waals surface area contributed by atoms with E-state index in [-0.39, 0.29) is 13.2 Å². The molecule has 2 heterocycles. The van der Waals surface area contributed by atoms with Crippen molar-refractivity contribution < 1.29 is 19.1 Å². The number of carbonyl (C=O) groups excluding carboxylic acids is 2. The fraction of sp³-hybridized carbons (Fsp3) is 0.364. The van der Waals surface area contributed by atoms with Gasteiger partial charge >= 0.3 is 5.97 Å². The van der Waals surface area contributed by atoms with Crippen molar-refractivity contribution >= 4 is 39.2 Å². The SMILES string of the molecule is COc1ccccc1C(=O)NCC(=O)OCc1nc(N)c2c3c(sc2n1)CCCCC3. The van der Waals surface area contributed by atoms with Gasteiger partial charge in [0.1, 0.15) is 22.9 Å². The lowest BCUT2D eigenvalue weighted by Gasteiger charge is -2.09. The number of carbonyl (C=O) groups is 2. The summed E-state index contributed by atoms with van der Waals surface area (Å²) in [7, 11) is 1.48. The highest BCUT2D eigenvalue weighted by Gasteiger charge is 2.20. The predicted molar refractivity (Wildman–Crippen MR) is 118 cm³/mol. The van der Waals surface area contributed by atoms with Crippen molar-refractivity contribution in [2.75, 3.05) is 19.4 Å². The van der Waals surface area contributed by atoms with Crippen molar-refractivity contribution in [1.29, 1.82) is 0 Å². The molecule has 8 nitrogen and oxygen atoms in total. The number of aryl methyl sites for hydroxylation is 2. The Morgan fingerprint density at radius 2 is 1.97 bits per heavy atom. The molecule has 0 saturated carbocycles. The molecule has 0 spiro atoms. The first kappa shape index (κ1) is 21.0. The van der Waals surface area contributed by atoms with Gasteiger partial charge in [0, 0.05) is 4.88 Å². The van der Waals surface area contributed by atoms with E-state index >= 15 is 0 Å². The average Bonchev–Trinajstić information content (AvgIpc) is 2.97. The van der Waals surface area contributed by atoms with Gasteiger partial charge in [-0.2, -0.15) is 0 Å². The van der Waals surface area contributed by atoms with Gasteiger partial charge in [-0.25, -0.2) is 9.97 Å². The Hall–Kier alpha value is -3.20.